The zero-order chi connectivity index (χ0) is 13.2. The third-order valence-electron chi connectivity index (χ3n) is 3.05. The quantitative estimate of drug-likeness (QED) is 0.759. The van der Waals surface area contributed by atoms with Crippen LogP contribution in [0, 0.1) is 11.3 Å². The van der Waals surface area contributed by atoms with Crippen LogP contribution in [0.1, 0.15) is 5.69 Å². The number of benzene rings is 2. The van der Waals surface area contributed by atoms with Crippen LogP contribution in [0.3, 0.4) is 0 Å². The summed E-state index contributed by atoms with van der Waals surface area (Å²) < 4.78 is 5.20. The maximum Gasteiger partial charge on any atom is 0.162 e. The third kappa shape index (κ3) is 2.02. The molecule has 0 saturated heterocycles. The van der Waals surface area contributed by atoms with E-state index in [4.69, 9.17) is 10.00 Å². The zero-order valence-electron chi connectivity index (χ0n) is 10.3. The monoisotopic (exact) mass is 249 g/mol. The Labute approximate surface area is 110 Å². The number of nitrogens with zero attached hydrogens (tertiary/aromatic N) is 2. The molecule has 0 spiro atoms. The molecule has 0 saturated carbocycles. The molecule has 0 fully saturated rings. The molecule has 0 bridgehead atoms. The minimum atomic E-state index is 0.393. The molecule has 4 heteroatoms. The van der Waals surface area contributed by atoms with Gasteiger partial charge in [-0.05, 0) is 29.0 Å². The molecule has 0 aliphatic carbocycles. The van der Waals surface area contributed by atoms with Crippen molar-refractivity contribution < 1.29 is 4.74 Å². The van der Waals surface area contributed by atoms with E-state index in [0.29, 0.717) is 5.69 Å². The van der Waals surface area contributed by atoms with Crippen LogP contribution >= 0.6 is 0 Å². The summed E-state index contributed by atoms with van der Waals surface area (Å²) in [5, 5.41) is 17.8. The van der Waals surface area contributed by atoms with Crippen LogP contribution < -0.4 is 4.74 Å². The highest BCUT2D eigenvalue weighted by molar-refractivity contribution is 5.88. The van der Waals surface area contributed by atoms with Gasteiger partial charge in [0, 0.05) is 11.6 Å². The molecule has 92 valence electrons. The van der Waals surface area contributed by atoms with Crippen LogP contribution in [-0.4, -0.2) is 17.3 Å². The van der Waals surface area contributed by atoms with Gasteiger partial charge in [-0.15, -0.1) is 0 Å². The van der Waals surface area contributed by atoms with E-state index < -0.39 is 0 Å². The summed E-state index contributed by atoms with van der Waals surface area (Å²) in [6.45, 7) is 0. The van der Waals surface area contributed by atoms with Crippen LogP contribution in [0.15, 0.2) is 42.5 Å². The highest BCUT2D eigenvalue weighted by atomic mass is 16.5. The molecule has 1 aromatic heterocycles. The first-order valence-corrected chi connectivity index (χ1v) is 5.84. The first-order chi connectivity index (χ1) is 9.30. The highest BCUT2D eigenvalue weighted by Crippen LogP contribution is 2.26. The summed E-state index contributed by atoms with van der Waals surface area (Å²) >= 11 is 0. The van der Waals surface area contributed by atoms with Crippen LogP contribution in [-0.2, 0) is 0 Å². The number of H-pyrrole nitrogens is 1. The van der Waals surface area contributed by atoms with Gasteiger partial charge in [-0.1, -0.05) is 18.2 Å². The standard InChI is InChI=1S/C15H11N3O/c1-19-14-5-4-10-6-12(3-2-11(10)7-14)15-8-13(9-16)17-18-15/h2-8H,1H3,(H,17,18). The number of methoxy groups -OCH3 is 1. The summed E-state index contributed by atoms with van der Waals surface area (Å²) in [7, 11) is 1.66. The smallest absolute Gasteiger partial charge is 0.162 e. The fourth-order valence-corrected chi connectivity index (χ4v) is 2.05. The lowest BCUT2D eigenvalue weighted by Gasteiger charge is -2.04. The molecule has 3 rings (SSSR count). The van der Waals surface area contributed by atoms with Crippen molar-refractivity contribution in [3.05, 3.63) is 48.2 Å². The van der Waals surface area contributed by atoms with E-state index in [0.717, 1.165) is 27.8 Å². The molecule has 1 heterocycles. The van der Waals surface area contributed by atoms with Gasteiger partial charge in [0.15, 0.2) is 5.69 Å². The number of aromatic amines is 1. The predicted octanol–water partition coefficient (Wildman–Crippen LogP) is 3.11. The number of ether oxygens (including phenoxy) is 1. The Morgan fingerprint density at radius 3 is 2.63 bits per heavy atom. The second kappa shape index (κ2) is 4.46. The Morgan fingerprint density at radius 2 is 1.89 bits per heavy atom. The molecular formula is C15H11N3O. The molecule has 0 atom stereocenters. The zero-order valence-corrected chi connectivity index (χ0v) is 10.3. The first-order valence-electron chi connectivity index (χ1n) is 5.84. The Balaban J connectivity index is 2.09. The van der Waals surface area contributed by atoms with Crippen molar-refractivity contribution >= 4 is 10.8 Å². The van der Waals surface area contributed by atoms with E-state index in [2.05, 4.69) is 16.3 Å². The minimum absolute atomic E-state index is 0.393. The van der Waals surface area contributed by atoms with Gasteiger partial charge in [0.2, 0.25) is 0 Å². The number of rotatable bonds is 2. The molecule has 4 nitrogen and oxygen atoms in total. The summed E-state index contributed by atoms with van der Waals surface area (Å²) in [4.78, 5) is 0. The van der Waals surface area contributed by atoms with E-state index in [-0.39, 0.29) is 0 Å². The third-order valence-corrected chi connectivity index (χ3v) is 3.05. The second-order valence-corrected chi connectivity index (χ2v) is 4.21. The summed E-state index contributed by atoms with van der Waals surface area (Å²) in [5.41, 5.74) is 2.24. The molecule has 2 aromatic carbocycles. The maximum atomic E-state index is 8.78. The van der Waals surface area contributed by atoms with Gasteiger partial charge in [0.1, 0.15) is 11.8 Å². The van der Waals surface area contributed by atoms with E-state index in [1.54, 1.807) is 13.2 Å². The van der Waals surface area contributed by atoms with E-state index in [1.807, 2.05) is 36.4 Å². The molecule has 0 aliphatic heterocycles. The largest absolute Gasteiger partial charge is 0.497 e. The van der Waals surface area contributed by atoms with Gasteiger partial charge in [0.25, 0.3) is 0 Å². The number of fused-ring (bicyclic) bond motifs is 1. The van der Waals surface area contributed by atoms with Gasteiger partial charge in [0.05, 0.1) is 12.8 Å². The fourth-order valence-electron chi connectivity index (χ4n) is 2.05. The number of aromatic nitrogens is 2. The Hall–Kier alpha value is -2.80. The topological polar surface area (TPSA) is 61.7 Å². The lowest BCUT2D eigenvalue weighted by molar-refractivity contribution is 0.415. The van der Waals surface area contributed by atoms with Crippen molar-refractivity contribution in [3.63, 3.8) is 0 Å². The molecule has 0 unspecified atom stereocenters. The van der Waals surface area contributed by atoms with Crippen molar-refractivity contribution in [2.75, 3.05) is 7.11 Å². The number of hydrogen-bond acceptors (Lipinski definition) is 3. The van der Waals surface area contributed by atoms with Crippen molar-refractivity contribution in [3.8, 4) is 23.1 Å². The SMILES string of the molecule is COc1ccc2cc(-c3cc(C#N)n[nH]3)ccc2c1. The summed E-state index contributed by atoms with van der Waals surface area (Å²) in [6, 6.07) is 15.8. The minimum Gasteiger partial charge on any atom is -0.497 e. The summed E-state index contributed by atoms with van der Waals surface area (Å²) in [6.07, 6.45) is 0. The number of nitrogens with one attached hydrogen (secondary N) is 1. The fraction of sp³-hybridized carbons (Fsp3) is 0.0667. The van der Waals surface area contributed by atoms with Crippen LogP contribution in [0.25, 0.3) is 22.0 Å². The molecule has 19 heavy (non-hydrogen) atoms. The molecule has 0 amide bonds. The van der Waals surface area contributed by atoms with Crippen molar-refractivity contribution in [1.82, 2.24) is 10.2 Å². The lowest BCUT2D eigenvalue weighted by atomic mass is 10.0. The van der Waals surface area contributed by atoms with Gasteiger partial charge < -0.3 is 4.74 Å². The van der Waals surface area contributed by atoms with Crippen LogP contribution in [0.4, 0.5) is 0 Å². The first kappa shape index (κ1) is 11.3. The number of nitriles is 1. The highest BCUT2D eigenvalue weighted by Gasteiger charge is 2.04. The predicted molar refractivity (Wildman–Crippen MR) is 72.8 cm³/mol. The molecular weight excluding hydrogens is 238 g/mol. The summed E-state index contributed by atoms with van der Waals surface area (Å²) in [5.74, 6) is 0.841. The van der Waals surface area contributed by atoms with Gasteiger partial charge >= 0.3 is 0 Å². The maximum absolute atomic E-state index is 8.78. The van der Waals surface area contributed by atoms with E-state index in [1.165, 1.54) is 0 Å². The second-order valence-electron chi connectivity index (χ2n) is 4.21. The molecule has 1 N–H and O–H groups in total. The average Bonchev–Trinajstić information content (AvgIpc) is 2.95. The van der Waals surface area contributed by atoms with Crippen LogP contribution in [0.5, 0.6) is 5.75 Å². The Kier molecular flexibility index (Phi) is 2.66. The van der Waals surface area contributed by atoms with Crippen LogP contribution in [0.2, 0.25) is 0 Å². The van der Waals surface area contributed by atoms with Gasteiger partial charge in [-0.3, -0.25) is 5.10 Å². The Morgan fingerprint density at radius 1 is 1.11 bits per heavy atom. The van der Waals surface area contributed by atoms with Crippen molar-refractivity contribution in [2.45, 2.75) is 0 Å². The van der Waals surface area contributed by atoms with Crippen molar-refractivity contribution in [2.24, 2.45) is 0 Å². The molecule has 0 radical (unpaired) electrons. The molecule has 3 aromatic rings. The van der Waals surface area contributed by atoms with Gasteiger partial charge in [-0.25, -0.2) is 0 Å². The van der Waals surface area contributed by atoms with E-state index in [9.17, 15) is 0 Å². The average molecular weight is 249 g/mol. The molecule has 0 aliphatic rings. The van der Waals surface area contributed by atoms with E-state index >= 15 is 0 Å². The van der Waals surface area contributed by atoms with Gasteiger partial charge in [-0.2, -0.15) is 10.4 Å². The Bertz CT molecular complexity index is 783. The van der Waals surface area contributed by atoms with Crippen molar-refractivity contribution in [1.29, 1.82) is 5.26 Å². The normalized spacial score (nSPS) is 10.3. The lowest BCUT2D eigenvalue weighted by Crippen LogP contribution is -1.83. The number of hydrogen-bond donors (Lipinski definition) is 1.